The Hall–Kier alpha value is -1.89. The summed E-state index contributed by atoms with van der Waals surface area (Å²) < 4.78 is 5.41. The summed E-state index contributed by atoms with van der Waals surface area (Å²) in [5.74, 6) is 0.0239. The van der Waals surface area contributed by atoms with Gasteiger partial charge in [-0.1, -0.05) is 13.8 Å². The number of anilines is 2. The van der Waals surface area contributed by atoms with Crippen molar-refractivity contribution in [3.05, 3.63) is 12.3 Å². The first-order valence-electron chi connectivity index (χ1n) is 7.23. The molecule has 0 saturated carbocycles. The molecule has 0 amide bonds. The first-order valence-corrected chi connectivity index (χ1v) is 7.23. The highest BCUT2D eigenvalue weighted by molar-refractivity contribution is 5.76. The summed E-state index contributed by atoms with van der Waals surface area (Å²) in [6.45, 7) is 5.15. The average molecular weight is 294 g/mol. The van der Waals surface area contributed by atoms with Crippen LogP contribution in [-0.2, 0) is 9.53 Å². The van der Waals surface area contributed by atoms with Crippen LogP contribution in [0.4, 0.5) is 11.8 Å². The van der Waals surface area contributed by atoms with Crippen molar-refractivity contribution in [2.75, 3.05) is 23.8 Å². The average Bonchev–Trinajstić information content (AvgIpc) is 2.45. The maximum atomic E-state index is 11.2. The fourth-order valence-electron chi connectivity index (χ4n) is 2.22. The molecule has 2 atom stereocenters. The van der Waals surface area contributed by atoms with Gasteiger partial charge in [0.25, 0.3) is 0 Å². The molecule has 0 aromatic carbocycles. The number of hydrogen-bond donors (Lipinski definition) is 3. The third-order valence-corrected chi connectivity index (χ3v) is 3.39. The van der Waals surface area contributed by atoms with Gasteiger partial charge in [-0.05, 0) is 24.8 Å². The van der Waals surface area contributed by atoms with Crippen molar-refractivity contribution in [2.45, 2.75) is 38.8 Å². The number of rotatable bonds is 6. The molecule has 0 bridgehead atoms. The molecule has 2 heterocycles. The predicted molar refractivity (Wildman–Crippen MR) is 79.4 cm³/mol. The van der Waals surface area contributed by atoms with Crippen LogP contribution in [0.25, 0.3) is 0 Å². The first kappa shape index (κ1) is 15.5. The van der Waals surface area contributed by atoms with Crippen molar-refractivity contribution in [3.8, 4) is 0 Å². The van der Waals surface area contributed by atoms with Crippen LogP contribution in [0, 0.1) is 5.92 Å². The van der Waals surface area contributed by atoms with E-state index < -0.39 is 12.0 Å². The Bertz CT molecular complexity index is 475. The number of nitrogens with one attached hydrogen (secondary N) is 2. The Morgan fingerprint density at radius 1 is 1.52 bits per heavy atom. The van der Waals surface area contributed by atoms with Gasteiger partial charge in [-0.3, -0.25) is 0 Å². The molecule has 116 valence electrons. The van der Waals surface area contributed by atoms with Crippen LogP contribution in [-0.4, -0.2) is 46.3 Å². The van der Waals surface area contributed by atoms with E-state index in [0.29, 0.717) is 18.4 Å². The second-order valence-corrected chi connectivity index (χ2v) is 5.53. The van der Waals surface area contributed by atoms with E-state index in [0.717, 1.165) is 19.4 Å². The number of nitrogens with zero attached hydrogens (tertiary/aromatic N) is 2. The summed E-state index contributed by atoms with van der Waals surface area (Å²) in [5, 5.41) is 15.3. The van der Waals surface area contributed by atoms with Gasteiger partial charge >= 0.3 is 5.97 Å². The highest BCUT2D eigenvalue weighted by Gasteiger charge is 2.22. The lowest BCUT2D eigenvalue weighted by Crippen LogP contribution is -2.35. The van der Waals surface area contributed by atoms with Crippen molar-refractivity contribution in [1.29, 1.82) is 0 Å². The SMILES string of the molecule is CC(C)[C@@H](Nc1nccc(NC2CCCOC2)n1)C(=O)O. The van der Waals surface area contributed by atoms with E-state index in [4.69, 9.17) is 4.74 Å². The minimum absolute atomic E-state index is 0.0607. The maximum absolute atomic E-state index is 11.2. The molecule has 1 unspecified atom stereocenters. The van der Waals surface area contributed by atoms with Crippen molar-refractivity contribution in [1.82, 2.24) is 9.97 Å². The molecule has 1 aromatic rings. The number of ether oxygens (including phenoxy) is 1. The number of aromatic nitrogens is 2. The van der Waals surface area contributed by atoms with Crippen LogP contribution >= 0.6 is 0 Å². The molecule has 2 rings (SSSR count). The summed E-state index contributed by atoms with van der Waals surface area (Å²) in [6, 6.07) is 1.30. The summed E-state index contributed by atoms with van der Waals surface area (Å²) in [6.07, 6.45) is 3.68. The van der Waals surface area contributed by atoms with Gasteiger partial charge < -0.3 is 20.5 Å². The van der Waals surface area contributed by atoms with Crippen LogP contribution in [0.15, 0.2) is 12.3 Å². The van der Waals surface area contributed by atoms with Crippen LogP contribution in [0.3, 0.4) is 0 Å². The number of carboxylic acid groups (broad SMARTS) is 1. The van der Waals surface area contributed by atoms with E-state index in [-0.39, 0.29) is 12.0 Å². The van der Waals surface area contributed by atoms with Crippen molar-refractivity contribution in [3.63, 3.8) is 0 Å². The van der Waals surface area contributed by atoms with Crippen LogP contribution in [0.5, 0.6) is 0 Å². The van der Waals surface area contributed by atoms with E-state index >= 15 is 0 Å². The van der Waals surface area contributed by atoms with Gasteiger partial charge in [-0.2, -0.15) is 4.98 Å². The quantitative estimate of drug-likeness (QED) is 0.733. The molecule has 1 aromatic heterocycles. The van der Waals surface area contributed by atoms with Gasteiger partial charge in [-0.25, -0.2) is 9.78 Å². The molecule has 1 aliphatic heterocycles. The molecule has 1 saturated heterocycles. The monoisotopic (exact) mass is 294 g/mol. The van der Waals surface area contributed by atoms with E-state index in [1.807, 2.05) is 13.8 Å². The molecule has 0 aliphatic carbocycles. The minimum Gasteiger partial charge on any atom is -0.480 e. The zero-order valence-corrected chi connectivity index (χ0v) is 12.4. The zero-order chi connectivity index (χ0) is 15.2. The summed E-state index contributed by atoms with van der Waals surface area (Å²) >= 11 is 0. The van der Waals surface area contributed by atoms with Crippen LogP contribution in [0.2, 0.25) is 0 Å². The van der Waals surface area contributed by atoms with Gasteiger partial charge in [0.05, 0.1) is 12.6 Å². The van der Waals surface area contributed by atoms with Gasteiger partial charge in [-0.15, -0.1) is 0 Å². The smallest absolute Gasteiger partial charge is 0.326 e. The molecular weight excluding hydrogens is 272 g/mol. The number of carbonyl (C=O) groups is 1. The Labute approximate surface area is 124 Å². The van der Waals surface area contributed by atoms with E-state index in [2.05, 4.69) is 20.6 Å². The Morgan fingerprint density at radius 3 is 2.95 bits per heavy atom. The second-order valence-electron chi connectivity index (χ2n) is 5.53. The topological polar surface area (TPSA) is 96.4 Å². The van der Waals surface area contributed by atoms with E-state index in [9.17, 15) is 9.90 Å². The molecule has 0 radical (unpaired) electrons. The third-order valence-electron chi connectivity index (χ3n) is 3.39. The molecule has 1 aliphatic rings. The molecule has 21 heavy (non-hydrogen) atoms. The first-order chi connectivity index (χ1) is 10.1. The molecule has 3 N–H and O–H groups in total. The third kappa shape index (κ3) is 4.56. The van der Waals surface area contributed by atoms with Crippen molar-refractivity contribution >= 4 is 17.7 Å². The largest absolute Gasteiger partial charge is 0.480 e. The van der Waals surface area contributed by atoms with E-state index in [1.54, 1.807) is 12.3 Å². The fourth-order valence-corrected chi connectivity index (χ4v) is 2.22. The lowest BCUT2D eigenvalue weighted by molar-refractivity contribution is -0.138. The molecule has 7 heteroatoms. The number of carboxylic acids is 1. The predicted octanol–water partition coefficient (Wildman–Crippen LogP) is 1.59. The Kier molecular flexibility index (Phi) is 5.32. The highest BCUT2D eigenvalue weighted by atomic mass is 16.5. The summed E-state index contributed by atoms with van der Waals surface area (Å²) in [5.41, 5.74) is 0. The zero-order valence-electron chi connectivity index (χ0n) is 12.4. The minimum atomic E-state index is -0.910. The molecule has 0 spiro atoms. The van der Waals surface area contributed by atoms with Crippen LogP contribution < -0.4 is 10.6 Å². The lowest BCUT2D eigenvalue weighted by atomic mass is 10.1. The van der Waals surface area contributed by atoms with Gasteiger partial charge in [0, 0.05) is 12.8 Å². The van der Waals surface area contributed by atoms with E-state index in [1.165, 1.54) is 0 Å². The van der Waals surface area contributed by atoms with Gasteiger partial charge in [0.15, 0.2) is 0 Å². The van der Waals surface area contributed by atoms with Crippen molar-refractivity contribution < 1.29 is 14.6 Å². The normalized spacial score (nSPS) is 20.0. The molecule has 1 fully saturated rings. The number of hydrogen-bond acceptors (Lipinski definition) is 6. The van der Waals surface area contributed by atoms with Gasteiger partial charge in [0.1, 0.15) is 11.9 Å². The standard InChI is InChI=1S/C14H22N4O3/c1-9(2)12(13(19)20)18-14-15-6-5-11(17-14)16-10-4-3-7-21-8-10/h5-6,9-10,12H,3-4,7-8H2,1-2H3,(H,19,20)(H2,15,16,17,18)/t10?,12-/m1/s1. The highest BCUT2D eigenvalue weighted by Crippen LogP contribution is 2.15. The Balaban J connectivity index is 2.01. The molecule has 7 nitrogen and oxygen atoms in total. The lowest BCUT2D eigenvalue weighted by Gasteiger charge is -2.24. The van der Waals surface area contributed by atoms with Crippen LogP contribution in [0.1, 0.15) is 26.7 Å². The van der Waals surface area contributed by atoms with Crippen molar-refractivity contribution in [2.24, 2.45) is 5.92 Å². The second kappa shape index (κ2) is 7.21. The molecular formula is C14H22N4O3. The Morgan fingerprint density at radius 2 is 2.33 bits per heavy atom. The summed E-state index contributed by atoms with van der Waals surface area (Å²) in [4.78, 5) is 19.6. The number of aliphatic carboxylic acids is 1. The van der Waals surface area contributed by atoms with Gasteiger partial charge in [0.2, 0.25) is 5.95 Å². The summed E-state index contributed by atoms with van der Waals surface area (Å²) in [7, 11) is 0. The fraction of sp³-hybridized carbons (Fsp3) is 0.643. The maximum Gasteiger partial charge on any atom is 0.326 e.